The van der Waals surface area contributed by atoms with Crippen LogP contribution in [0.25, 0.3) is 0 Å². The van der Waals surface area contributed by atoms with Gasteiger partial charge in [0.25, 0.3) is 0 Å². The molecular formula is C7H2F12O3. The molecule has 2 unspecified atom stereocenters. The first kappa shape index (κ1) is 20.8. The van der Waals surface area contributed by atoms with E-state index in [4.69, 9.17) is 0 Å². The molecule has 0 spiro atoms. The average Bonchev–Trinajstić information content (AvgIpc) is 2.24. The van der Waals surface area contributed by atoms with Crippen LogP contribution in [0.15, 0.2) is 0 Å². The van der Waals surface area contributed by atoms with Crippen molar-refractivity contribution >= 4 is 6.04 Å². The molecule has 0 heterocycles. The van der Waals surface area contributed by atoms with Crippen LogP contribution in [0.1, 0.15) is 0 Å². The van der Waals surface area contributed by atoms with Gasteiger partial charge in [0.1, 0.15) is 0 Å². The summed E-state index contributed by atoms with van der Waals surface area (Å²) in [5.41, 5.74) is 0. The number of carbonyl (C=O) groups excluding carboxylic acids is 1. The standard InChI is InChI=1S/C7H2F12O3/c8-1-21-4(11,6(15,16)17)7(18,19)22-3(10,2(9)20)5(12,13)14/h1H2. The van der Waals surface area contributed by atoms with Gasteiger partial charge in [-0.3, -0.25) is 9.53 Å². The lowest BCUT2D eigenvalue weighted by molar-refractivity contribution is -0.499. The van der Waals surface area contributed by atoms with E-state index in [-0.39, 0.29) is 0 Å². The monoisotopic (exact) mass is 362 g/mol. The molecule has 0 aromatic rings. The van der Waals surface area contributed by atoms with E-state index < -0.39 is 43.1 Å². The Hall–Kier alpha value is -1.25. The largest absolute Gasteiger partial charge is 0.459 e. The van der Waals surface area contributed by atoms with E-state index in [1.807, 2.05) is 0 Å². The van der Waals surface area contributed by atoms with Gasteiger partial charge in [-0.25, -0.2) is 4.39 Å². The van der Waals surface area contributed by atoms with Gasteiger partial charge in [-0.15, -0.1) is 0 Å². The van der Waals surface area contributed by atoms with Crippen molar-refractivity contribution in [3.8, 4) is 0 Å². The smallest absolute Gasteiger partial charge is 0.300 e. The van der Waals surface area contributed by atoms with E-state index in [0.717, 1.165) is 0 Å². The zero-order valence-electron chi connectivity index (χ0n) is 9.47. The quantitative estimate of drug-likeness (QED) is 0.536. The Labute approximate surface area is 111 Å². The molecular weight excluding hydrogens is 360 g/mol. The first-order valence-electron chi connectivity index (χ1n) is 4.45. The lowest BCUT2D eigenvalue weighted by atomic mass is 10.2. The summed E-state index contributed by atoms with van der Waals surface area (Å²) >= 11 is 0. The summed E-state index contributed by atoms with van der Waals surface area (Å²) in [4.78, 5) is 9.79. The van der Waals surface area contributed by atoms with Crippen molar-refractivity contribution in [2.45, 2.75) is 30.2 Å². The Bertz CT molecular complexity index is 416. The second kappa shape index (κ2) is 5.75. The number of halogens is 12. The second-order valence-corrected chi connectivity index (χ2v) is 3.33. The molecule has 0 aromatic heterocycles. The number of hydrogen-bond acceptors (Lipinski definition) is 3. The third kappa shape index (κ3) is 3.39. The van der Waals surface area contributed by atoms with Gasteiger partial charge in [-0.2, -0.15) is 48.3 Å². The SMILES string of the molecule is O=C(F)C(F)(OC(F)(F)C(F)(OCF)C(F)(F)F)C(F)(F)F. The molecule has 0 fully saturated rings. The second-order valence-electron chi connectivity index (χ2n) is 3.33. The molecule has 22 heavy (non-hydrogen) atoms. The van der Waals surface area contributed by atoms with Crippen molar-refractivity contribution in [1.82, 2.24) is 0 Å². The molecule has 0 radical (unpaired) electrons. The Balaban J connectivity index is 5.95. The first-order valence-corrected chi connectivity index (χ1v) is 4.45. The number of ether oxygens (including phenoxy) is 2. The Morgan fingerprint density at radius 1 is 0.818 bits per heavy atom. The van der Waals surface area contributed by atoms with Crippen LogP contribution in [0.2, 0.25) is 0 Å². The van der Waals surface area contributed by atoms with Crippen LogP contribution in [0.5, 0.6) is 0 Å². The number of alkyl halides is 11. The summed E-state index contributed by atoms with van der Waals surface area (Å²) in [6.45, 7) is -2.97. The number of rotatable bonds is 6. The minimum absolute atomic E-state index is 1.76. The zero-order valence-corrected chi connectivity index (χ0v) is 9.47. The van der Waals surface area contributed by atoms with Gasteiger partial charge < -0.3 is 4.74 Å². The molecule has 15 heteroatoms. The van der Waals surface area contributed by atoms with Gasteiger partial charge in [0.15, 0.2) is 6.86 Å². The van der Waals surface area contributed by atoms with Crippen LogP contribution < -0.4 is 0 Å². The first-order chi connectivity index (χ1) is 9.46. The summed E-state index contributed by atoms with van der Waals surface area (Å²) in [5, 5.41) is 0. The van der Waals surface area contributed by atoms with E-state index in [0.29, 0.717) is 0 Å². The molecule has 0 rings (SSSR count). The third-order valence-corrected chi connectivity index (χ3v) is 1.88. The number of hydrogen-bond donors (Lipinski definition) is 0. The van der Waals surface area contributed by atoms with Crippen LogP contribution in [0, 0.1) is 0 Å². The van der Waals surface area contributed by atoms with Gasteiger partial charge >= 0.3 is 36.2 Å². The molecule has 132 valence electrons. The molecule has 0 bridgehead atoms. The van der Waals surface area contributed by atoms with Gasteiger partial charge in [0, 0.05) is 0 Å². The summed E-state index contributed by atoms with van der Waals surface area (Å²) in [7, 11) is 0. The van der Waals surface area contributed by atoms with E-state index in [2.05, 4.69) is 4.74 Å². The molecule has 0 aromatic carbocycles. The van der Waals surface area contributed by atoms with Crippen LogP contribution in [-0.2, 0) is 14.3 Å². The number of carbonyl (C=O) groups is 1. The van der Waals surface area contributed by atoms with Gasteiger partial charge in [-0.05, 0) is 0 Å². The molecule has 0 N–H and O–H groups in total. The molecule has 2 atom stereocenters. The predicted molar refractivity (Wildman–Crippen MR) is 39.0 cm³/mol. The summed E-state index contributed by atoms with van der Waals surface area (Å²) < 4.78 is 151. The average molecular weight is 362 g/mol. The van der Waals surface area contributed by atoms with E-state index in [9.17, 15) is 57.5 Å². The molecule has 0 amide bonds. The van der Waals surface area contributed by atoms with Gasteiger partial charge in [-0.1, -0.05) is 0 Å². The van der Waals surface area contributed by atoms with E-state index >= 15 is 0 Å². The Morgan fingerprint density at radius 2 is 1.23 bits per heavy atom. The van der Waals surface area contributed by atoms with Crippen molar-refractivity contribution in [2.24, 2.45) is 0 Å². The van der Waals surface area contributed by atoms with Crippen molar-refractivity contribution in [2.75, 3.05) is 6.86 Å². The van der Waals surface area contributed by atoms with E-state index in [1.54, 1.807) is 4.74 Å². The van der Waals surface area contributed by atoms with Crippen LogP contribution in [0.3, 0.4) is 0 Å². The Kier molecular flexibility index (Phi) is 5.42. The van der Waals surface area contributed by atoms with E-state index in [1.165, 1.54) is 0 Å². The fraction of sp³-hybridized carbons (Fsp3) is 0.857. The summed E-state index contributed by atoms with van der Waals surface area (Å²) in [6.07, 6.45) is -20.9. The predicted octanol–water partition coefficient (Wildman–Crippen LogP) is 3.49. The maximum Gasteiger partial charge on any atom is 0.459 e. The lowest BCUT2D eigenvalue weighted by Gasteiger charge is -2.35. The fourth-order valence-corrected chi connectivity index (χ4v) is 0.858. The molecule has 0 aliphatic carbocycles. The summed E-state index contributed by atoms with van der Waals surface area (Å²) in [5.74, 6) is -13.3. The van der Waals surface area contributed by atoms with Crippen molar-refractivity contribution in [1.29, 1.82) is 0 Å². The van der Waals surface area contributed by atoms with Gasteiger partial charge in [0.2, 0.25) is 0 Å². The zero-order chi connectivity index (χ0) is 18.2. The van der Waals surface area contributed by atoms with Crippen molar-refractivity contribution < 1.29 is 67.0 Å². The minimum Gasteiger partial charge on any atom is -0.300 e. The fourth-order valence-electron chi connectivity index (χ4n) is 0.858. The molecule has 0 saturated heterocycles. The third-order valence-electron chi connectivity index (χ3n) is 1.88. The Morgan fingerprint density at radius 3 is 1.45 bits per heavy atom. The lowest BCUT2D eigenvalue weighted by Crippen LogP contribution is -2.63. The van der Waals surface area contributed by atoms with Crippen LogP contribution >= 0.6 is 0 Å². The molecule has 0 aliphatic heterocycles. The van der Waals surface area contributed by atoms with Crippen molar-refractivity contribution in [3.05, 3.63) is 0 Å². The van der Waals surface area contributed by atoms with Crippen molar-refractivity contribution in [3.63, 3.8) is 0 Å². The van der Waals surface area contributed by atoms with Crippen LogP contribution in [-0.4, -0.2) is 43.1 Å². The topological polar surface area (TPSA) is 35.5 Å². The molecule has 3 nitrogen and oxygen atoms in total. The highest BCUT2D eigenvalue weighted by molar-refractivity contribution is 5.77. The maximum absolute atomic E-state index is 13.0. The molecule has 0 saturated carbocycles. The van der Waals surface area contributed by atoms with Crippen LogP contribution in [0.4, 0.5) is 52.7 Å². The highest BCUT2D eigenvalue weighted by atomic mass is 19.4. The summed E-state index contributed by atoms with van der Waals surface area (Å²) in [6, 6.07) is -4.36. The minimum atomic E-state index is -7.00. The maximum atomic E-state index is 13.0. The molecule has 0 aliphatic rings. The normalized spacial score (nSPS) is 19.5. The van der Waals surface area contributed by atoms with Gasteiger partial charge in [0.05, 0.1) is 0 Å². The highest BCUT2D eigenvalue weighted by Gasteiger charge is 2.80. The highest BCUT2D eigenvalue weighted by Crippen LogP contribution is 2.51.